The third kappa shape index (κ3) is 4.33. The van der Waals surface area contributed by atoms with E-state index in [4.69, 9.17) is 26.8 Å². The quantitative estimate of drug-likeness (QED) is 0.770. The smallest absolute Gasteiger partial charge is 0.314 e. The number of halogens is 1. The summed E-state index contributed by atoms with van der Waals surface area (Å²) >= 11 is 6.01. The first kappa shape index (κ1) is 18.9. The molecule has 3 amide bonds. The number of primary amides is 1. The first-order valence-electron chi connectivity index (χ1n) is 7.68. The summed E-state index contributed by atoms with van der Waals surface area (Å²) in [6, 6.07) is 2.96. The van der Waals surface area contributed by atoms with Crippen LogP contribution in [0.4, 0.5) is 5.69 Å². The van der Waals surface area contributed by atoms with Crippen molar-refractivity contribution in [2.75, 3.05) is 32.6 Å². The molecule has 8 nitrogen and oxygen atoms in total. The number of carbonyl (C=O) groups is 3. The molecule has 0 bridgehead atoms. The van der Waals surface area contributed by atoms with Crippen LogP contribution in [0.1, 0.15) is 12.8 Å². The molecule has 1 aliphatic heterocycles. The molecule has 136 valence electrons. The Kier molecular flexibility index (Phi) is 6.08. The summed E-state index contributed by atoms with van der Waals surface area (Å²) < 4.78 is 10.3. The number of anilines is 1. The summed E-state index contributed by atoms with van der Waals surface area (Å²) in [5.74, 6) is -1.48. The van der Waals surface area contributed by atoms with Crippen molar-refractivity contribution in [2.45, 2.75) is 12.8 Å². The average molecular weight is 370 g/mol. The maximum atomic E-state index is 12.3. The van der Waals surface area contributed by atoms with Gasteiger partial charge in [0.2, 0.25) is 5.91 Å². The molecule has 1 heterocycles. The molecule has 1 fully saturated rings. The van der Waals surface area contributed by atoms with Gasteiger partial charge in [0.25, 0.3) is 0 Å². The van der Waals surface area contributed by atoms with Gasteiger partial charge in [0.1, 0.15) is 11.5 Å². The summed E-state index contributed by atoms with van der Waals surface area (Å²) in [6.07, 6.45) is 0.902. The van der Waals surface area contributed by atoms with Crippen LogP contribution in [0.25, 0.3) is 0 Å². The third-order valence-corrected chi connectivity index (χ3v) is 4.40. The highest BCUT2D eigenvalue weighted by atomic mass is 35.5. The van der Waals surface area contributed by atoms with Gasteiger partial charge >= 0.3 is 11.8 Å². The number of likely N-dealkylation sites (tertiary alicyclic amines) is 1. The Balaban J connectivity index is 2.07. The topological polar surface area (TPSA) is 111 Å². The predicted molar refractivity (Wildman–Crippen MR) is 91.7 cm³/mol. The molecule has 9 heteroatoms. The molecule has 1 aromatic rings. The van der Waals surface area contributed by atoms with E-state index in [1.807, 2.05) is 0 Å². The number of amides is 3. The van der Waals surface area contributed by atoms with Crippen LogP contribution < -0.4 is 20.5 Å². The zero-order valence-corrected chi connectivity index (χ0v) is 14.8. The Bertz CT molecular complexity index is 687. The van der Waals surface area contributed by atoms with Gasteiger partial charge in [0.15, 0.2) is 0 Å². The number of hydrogen-bond acceptors (Lipinski definition) is 5. The van der Waals surface area contributed by atoms with Crippen molar-refractivity contribution in [3.05, 3.63) is 17.2 Å². The number of nitrogens with two attached hydrogens (primary N) is 1. The number of piperidine rings is 1. The largest absolute Gasteiger partial charge is 0.495 e. The van der Waals surface area contributed by atoms with E-state index in [9.17, 15) is 14.4 Å². The zero-order valence-electron chi connectivity index (χ0n) is 14.0. The number of nitrogens with one attached hydrogen (secondary N) is 1. The van der Waals surface area contributed by atoms with Gasteiger partial charge in [0.05, 0.1) is 24.9 Å². The molecule has 0 radical (unpaired) electrons. The van der Waals surface area contributed by atoms with Gasteiger partial charge in [-0.3, -0.25) is 14.4 Å². The number of methoxy groups -OCH3 is 2. The number of benzene rings is 1. The Morgan fingerprint density at radius 1 is 1.16 bits per heavy atom. The summed E-state index contributed by atoms with van der Waals surface area (Å²) in [6.45, 7) is 0.613. The fourth-order valence-corrected chi connectivity index (χ4v) is 2.88. The van der Waals surface area contributed by atoms with Gasteiger partial charge in [-0.25, -0.2) is 0 Å². The van der Waals surface area contributed by atoms with Crippen LogP contribution in [0.15, 0.2) is 12.1 Å². The van der Waals surface area contributed by atoms with Crippen molar-refractivity contribution in [1.29, 1.82) is 0 Å². The van der Waals surface area contributed by atoms with E-state index in [-0.39, 0.29) is 17.5 Å². The molecule has 0 aromatic heterocycles. The van der Waals surface area contributed by atoms with Crippen molar-refractivity contribution in [3.63, 3.8) is 0 Å². The molecule has 25 heavy (non-hydrogen) atoms. The van der Waals surface area contributed by atoms with Crippen molar-refractivity contribution in [1.82, 2.24) is 4.90 Å². The lowest BCUT2D eigenvalue weighted by molar-refractivity contribution is -0.144. The summed E-state index contributed by atoms with van der Waals surface area (Å²) in [5.41, 5.74) is 5.54. The molecule has 1 aliphatic rings. The molecule has 1 aromatic carbocycles. The fourth-order valence-electron chi connectivity index (χ4n) is 2.64. The minimum absolute atomic E-state index is 0.257. The highest BCUT2D eigenvalue weighted by molar-refractivity contribution is 6.40. The molecule has 1 saturated heterocycles. The molecule has 0 saturated carbocycles. The van der Waals surface area contributed by atoms with Crippen LogP contribution in [0.2, 0.25) is 5.02 Å². The van der Waals surface area contributed by atoms with Crippen molar-refractivity contribution in [2.24, 2.45) is 11.7 Å². The van der Waals surface area contributed by atoms with E-state index >= 15 is 0 Å². The van der Waals surface area contributed by atoms with Crippen LogP contribution >= 0.6 is 11.6 Å². The van der Waals surface area contributed by atoms with E-state index in [2.05, 4.69) is 5.32 Å². The van der Waals surface area contributed by atoms with Crippen molar-refractivity contribution in [3.8, 4) is 11.5 Å². The lowest BCUT2D eigenvalue weighted by atomic mass is 9.96. The van der Waals surface area contributed by atoms with Crippen LogP contribution in [0, 0.1) is 5.92 Å². The Morgan fingerprint density at radius 2 is 1.76 bits per heavy atom. The Hall–Kier alpha value is -2.48. The first-order chi connectivity index (χ1) is 11.9. The normalized spacial score (nSPS) is 14.8. The minimum atomic E-state index is -0.805. The van der Waals surface area contributed by atoms with Gasteiger partial charge in [-0.15, -0.1) is 0 Å². The second-order valence-electron chi connectivity index (χ2n) is 5.61. The second-order valence-corrected chi connectivity index (χ2v) is 6.02. The SMILES string of the molecule is COc1cc(NC(=O)C(=O)N2CCC(C(N)=O)CC2)c(OC)cc1Cl. The highest BCUT2D eigenvalue weighted by Crippen LogP contribution is 2.35. The fraction of sp³-hybridized carbons (Fsp3) is 0.438. The average Bonchev–Trinajstić information content (AvgIpc) is 2.62. The van der Waals surface area contributed by atoms with Gasteiger partial charge in [0, 0.05) is 31.1 Å². The molecule has 3 N–H and O–H groups in total. The first-order valence-corrected chi connectivity index (χ1v) is 8.06. The van der Waals surface area contributed by atoms with Gasteiger partial charge in [-0.2, -0.15) is 0 Å². The number of ether oxygens (including phenoxy) is 2. The Labute approximate surface area is 150 Å². The van der Waals surface area contributed by atoms with Crippen molar-refractivity contribution >= 4 is 35.0 Å². The highest BCUT2D eigenvalue weighted by Gasteiger charge is 2.29. The van der Waals surface area contributed by atoms with Crippen LogP contribution in [-0.2, 0) is 14.4 Å². The van der Waals surface area contributed by atoms with Crippen LogP contribution in [0.5, 0.6) is 11.5 Å². The summed E-state index contributed by atoms with van der Waals surface area (Å²) in [4.78, 5) is 37.1. The molecule has 0 spiro atoms. The zero-order chi connectivity index (χ0) is 18.6. The van der Waals surface area contributed by atoms with E-state index in [1.54, 1.807) is 0 Å². The second kappa shape index (κ2) is 8.06. The maximum Gasteiger partial charge on any atom is 0.314 e. The van der Waals surface area contributed by atoms with E-state index < -0.39 is 11.8 Å². The monoisotopic (exact) mass is 369 g/mol. The number of rotatable bonds is 4. The van der Waals surface area contributed by atoms with Crippen LogP contribution in [-0.4, -0.2) is 49.9 Å². The lowest BCUT2D eigenvalue weighted by Gasteiger charge is -2.30. The van der Waals surface area contributed by atoms with E-state index in [1.165, 1.54) is 31.3 Å². The van der Waals surface area contributed by atoms with E-state index in [0.717, 1.165) is 0 Å². The molecule has 0 aliphatic carbocycles. The summed E-state index contributed by atoms with van der Waals surface area (Å²) in [5, 5.41) is 2.83. The summed E-state index contributed by atoms with van der Waals surface area (Å²) in [7, 11) is 2.86. The molecule has 0 atom stereocenters. The maximum absolute atomic E-state index is 12.3. The van der Waals surface area contributed by atoms with Crippen molar-refractivity contribution < 1.29 is 23.9 Å². The molecule has 2 rings (SSSR count). The predicted octanol–water partition coefficient (Wildman–Crippen LogP) is 1.02. The number of carbonyl (C=O) groups excluding carboxylic acids is 3. The van der Waals surface area contributed by atoms with Gasteiger partial charge in [-0.05, 0) is 12.8 Å². The molecular weight excluding hydrogens is 350 g/mol. The Morgan fingerprint density at radius 3 is 2.28 bits per heavy atom. The number of nitrogens with zero attached hydrogens (tertiary/aromatic N) is 1. The minimum Gasteiger partial charge on any atom is -0.495 e. The third-order valence-electron chi connectivity index (χ3n) is 4.10. The van der Waals surface area contributed by atoms with Gasteiger partial charge in [-0.1, -0.05) is 11.6 Å². The molecular formula is C16H20ClN3O5. The lowest BCUT2D eigenvalue weighted by Crippen LogP contribution is -2.46. The van der Waals surface area contributed by atoms with Gasteiger partial charge < -0.3 is 25.4 Å². The standard InChI is InChI=1S/C16H20ClN3O5/c1-24-12-8-11(13(25-2)7-10(12)17)19-15(22)16(23)20-5-3-9(4-6-20)14(18)21/h7-9H,3-6H2,1-2H3,(H2,18,21)(H,19,22). The van der Waals surface area contributed by atoms with Crippen LogP contribution in [0.3, 0.4) is 0 Å². The van der Waals surface area contributed by atoms with E-state index in [0.29, 0.717) is 42.5 Å². The molecule has 0 unspecified atom stereocenters. The number of hydrogen-bond donors (Lipinski definition) is 2.